The molecule has 1 aromatic heterocycles. The van der Waals surface area contributed by atoms with Crippen LogP contribution in [-0.2, 0) is 4.74 Å². The summed E-state index contributed by atoms with van der Waals surface area (Å²) in [6.45, 7) is 4.36. The number of aromatic amines is 1. The highest BCUT2D eigenvalue weighted by Crippen LogP contribution is 2.41. The van der Waals surface area contributed by atoms with Crippen molar-refractivity contribution in [3.05, 3.63) is 16.4 Å². The van der Waals surface area contributed by atoms with Gasteiger partial charge in [-0.1, -0.05) is 0 Å². The Hall–Kier alpha value is -1.60. The summed E-state index contributed by atoms with van der Waals surface area (Å²) in [6.07, 6.45) is 2.00. The maximum atomic E-state index is 11.5. The van der Waals surface area contributed by atoms with Crippen molar-refractivity contribution in [2.45, 2.75) is 31.9 Å². The zero-order valence-electron chi connectivity index (χ0n) is 11.6. The minimum Gasteiger partial charge on any atom is -0.383 e. The van der Waals surface area contributed by atoms with Gasteiger partial charge in [-0.3, -0.25) is 9.78 Å². The molecule has 1 aromatic rings. The number of nitrogens with two attached hydrogens (primary N) is 2. The fourth-order valence-electron chi connectivity index (χ4n) is 3.25. The third-order valence-electron chi connectivity index (χ3n) is 4.65. The second-order valence-electron chi connectivity index (χ2n) is 5.89. The Morgan fingerprint density at radius 2 is 2.20 bits per heavy atom. The molecule has 110 valence electrons. The lowest BCUT2D eigenvalue weighted by Crippen LogP contribution is -2.51. The van der Waals surface area contributed by atoms with Crippen molar-refractivity contribution in [1.29, 1.82) is 0 Å². The summed E-state index contributed by atoms with van der Waals surface area (Å²) < 4.78 is 5.70. The molecule has 0 bridgehead atoms. The molecule has 2 aliphatic rings. The van der Waals surface area contributed by atoms with Crippen LogP contribution in [0.4, 0.5) is 11.8 Å². The molecular formula is C13H21N5O2. The zero-order valence-corrected chi connectivity index (χ0v) is 11.6. The molecule has 0 radical (unpaired) electrons. The Labute approximate surface area is 117 Å². The van der Waals surface area contributed by atoms with Gasteiger partial charge in [-0.05, 0) is 19.8 Å². The minimum absolute atomic E-state index is 0.0660. The van der Waals surface area contributed by atoms with Crippen molar-refractivity contribution in [3.63, 3.8) is 0 Å². The minimum atomic E-state index is -0.220. The van der Waals surface area contributed by atoms with Crippen LogP contribution in [0.15, 0.2) is 10.9 Å². The van der Waals surface area contributed by atoms with Crippen molar-refractivity contribution in [2.75, 3.05) is 30.3 Å². The lowest BCUT2D eigenvalue weighted by molar-refractivity contribution is 0.0973. The molecule has 7 nitrogen and oxygen atoms in total. The normalized spacial score (nSPS) is 29.0. The molecule has 0 aromatic carbocycles. The van der Waals surface area contributed by atoms with E-state index in [-0.39, 0.29) is 28.9 Å². The Balaban J connectivity index is 1.74. The van der Waals surface area contributed by atoms with E-state index >= 15 is 0 Å². The molecule has 0 amide bonds. The second kappa shape index (κ2) is 4.75. The van der Waals surface area contributed by atoms with Crippen molar-refractivity contribution in [2.24, 2.45) is 11.1 Å². The number of nitrogen functional groups attached to an aromatic ring is 1. The maximum Gasteiger partial charge on any atom is 0.254 e. The van der Waals surface area contributed by atoms with E-state index in [1.807, 2.05) is 6.92 Å². The fraction of sp³-hybridized carbons (Fsp3) is 0.692. The van der Waals surface area contributed by atoms with Gasteiger partial charge in [0.25, 0.3) is 5.56 Å². The number of piperidine rings is 1. The second-order valence-corrected chi connectivity index (χ2v) is 5.89. The molecule has 0 saturated carbocycles. The highest BCUT2D eigenvalue weighted by atomic mass is 16.5. The first-order chi connectivity index (χ1) is 9.50. The highest BCUT2D eigenvalue weighted by molar-refractivity contribution is 5.38. The number of ether oxygens (including phenoxy) is 1. The molecule has 3 heterocycles. The number of anilines is 2. The van der Waals surface area contributed by atoms with Gasteiger partial charge in [-0.2, -0.15) is 4.98 Å². The van der Waals surface area contributed by atoms with Gasteiger partial charge in [0.05, 0.1) is 12.7 Å². The van der Waals surface area contributed by atoms with E-state index in [1.165, 1.54) is 6.07 Å². The first-order valence-corrected chi connectivity index (χ1v) is 6.99. The van der Waals surface area contributed by atoms with Crippen LogP contribution in [-0.4, -0.2) is 41.8 Å². The van der Waals surface area contributed by atoms with E-state index < -0.39 is 0 Å². The van der Waals surface area contributed by atoms with Crippen molar-refractivity contribution < 1.29 is 4.74 Å². The predicted molar refractivity (Wildman–Crippen MR) is 76.5 cm³/mol. The largest absolute Gasteiger partial charge is 0.383 e. The molecule has 0 unspecified atom stereocenters. The van der Waals surface area contributed by atoms with Crippen LogP contribution in [0.25, 0.3) is 0 Å². The smallest absolute Gasteiger partial charge is 0.254 e. The standard InChI is InChI=1S/C13H21N5O2/c1-8-11(15)13(7-20-8)2-4-18(5-3-13)12-16-9(14)6-10(19)17-12/h6,8,11H,2-5,7,15H2,1H3,(H3,14,16,17,19)/t8-,11+/m0/s1. The quantitative estimate of drug-likeness (QED) is 0.650. The van der Waals surface area contributed by atoms with Crippen LogP contribution in [0.5, 0.6) is 0 Å². The Bertz CT molecular complexity index is 550. The molecule has 2 fully saturated rings. The average Bonchev–Trinajstić information content (AvgIpc) is 2.68. The first kappa shape index (κ1) is 13.4. The number of hydrogen-bond acceptors (Lipinski definition) is 6. The lowest BCUT2D eigenvalue weighted by Gasteiger charge is -2.41. The molecule has 20 heavy (non-hydrogen) atoms. The van der Waals surface area contributed by atoms with Gasteiger partial charge in [0.15, 0.2) is 0 Å². The summed E-state index contributed by atoms with van der Waals surface area (Å²) in [5, 5.41) is 0. The third kappa shape index (κ3) is 2.16. The van der Waals surface area contributed by atoms with Crippen LogP contribution < -0.4 is 21.9 Å². The first-order valence-electron chi connectivity index (χ1n) is 6.99. The molecule has 2 aliphatic heterocycles. The van der Waals surface area contributed by atoms with E-state index in [9.17, 15) is 4.79 Å². The van der Waals surface area contributed by atoms with Crippen LogP contribution in [0.2, 0.25) is 0 Å². The van der Waals surface area contributed by atoms with Crippen molar-refractivity contribution >= 4 is 11.8 Å². The molecule has 3 rings (SSSR count). The molecule has 5 N–H and O–H groups in total. The van der Waals surface area contributed by atoms with Crippen LogP contribution >= 0.6 is 0 Å². The van der Waals surface area contributed by atoms with Gasteiger partial charge in [-0.15, -0.1) is 0 Å². The van der Waals surface area contributed by atoms with E-state index in [0.29, 0.717) is 5.95 Å². The number of rotatable bonds is 1. The van der Waals surface area contributed by atoms with Crippen LogP contribution in [0, 0.1) is 5.41 Å². The summed E-state index contributed by atoms with van der Waals surface area (Å²) >= 11 is 0. The molecule has 0 aliphatic carbocycles. The van der Waals surface area contributed by atoms with Crippen molar-refractivity contribution in [3.8, 4) is 0 Å². The highest BCUT2D eigenvalue weighted by Gasteiger charge is 2.47. The van der Waals surface area contributed by atoms with Crippen molar-refractivity contribution in [1.82, 2.24) is 9.97 Å². The van der Waals surface area contributed by atoms with Gasteiger partial charge >= 0.3 is 0 Å². The van der Waals surface area contributed by atoms with Gasteiger partial charge in [0.1, 0.15) is 5.82 Å². The summed E-state index contributed by atoms with van der Waals surface area (Å²) in [5.74, 6) is 0.795. The monoisotopic (exact) mass is 279 g/mol. The van der Waals surface area contributed by atoms with E-state index in [0.717, 1.165) is 32.5 Å². The molecular weight excluding hydrogens is 258 g/mol. The number of H-pyrrole nitrogens is 1. The average molecular weight is 279 g/mol. The third-order valence-corrected chi connectivity index (χ3v) is 4.65. The van der Waals surface area contributed by atoms with E-state index in [4.69, 9.17) is 16.2 Å². The van der Waals surface area contributed by atoms with Gasteiger partial charge in [0, 0.05) is 30.6 Å². The van der Waals surface area contributed by atoms with Gasteiger partial charge < -0.3 is 21.1 Å². The van der Waals surface area contributed by atoms with Crippen LogP contribution in [0.1, 0.15) is 19.8 Å². The molecule has 1 spiro atoms. The predicted octanol–water partition coefficient (Wildman–Crippen LogP) is -0.315. The Morgan fingerprint density at radius 1 is 1.50 bits per heavy atom. The molecule has 7 heteroatoms. The fourth-order valence-corrected chi connectivity index (χ4v) is 3.25. The number of hydrogen-bond donors (Lipinski definition) is 3. The summed E-state index contributed by atoms with van der Waals surface area (Å²) in [5.41, 5.74) is 11.8. The van der Waals surface area contributed by atoms with Crippen LogP contribution in [0.3, 0.4) is 0 Å². The Morgan fingerprint density at radius 3 is 2.75 bits per heavy atom. The van der Waals surface area contributed by atoms with E-state index in [1.54, 1.807) is 0 Å². The number of nitrogens with one attached hydrogen (secondary N) is 1. The molecule has 2 atom stereocenters. The lowest BCUT2D eigenvalue weighted by atomic mass is 9.73. The van der Waals surface area contributed by atoms with E-state index in [2.05, 4.69) is 14.9 Å². The zero-order chi connectivity index (χ0) is 14.3. The summed E-state index contributed by atoms with van der Waals surface area (Å²) in [6, 6.07) is 1.37. The Kier molecular flexibility index (Phi) is 3.18. The molecule has 2 saturated heterocycles. The summed E-state index contributed by atoms with van der Waals surface area (Å²) in [4.78, 5) is 20.4. The number of aromatic nitrogens is 2. The van der Waals surface area contributed by atoms with Gasteiger partial charge in [-0.25, -0.2) is 0 Å². The topological polar surface area (TPSA) is 110 Å². The SMILES string of the molecule is C[C@@H]1OCC2(CCN(c3nc(N)cc(=O)[nH]3)CC2)[C@@H]1N. The summed E-state index contributed by atoms with van der Waals surface area (Å²) in [7, 11) is 0. The van der Waals surface area contributed by atoms with Gasteiger partial charge in [0.2, 0.25) is 5.95 Å². The number of nitrogens with zero attached hydrogens (tertiary/aromatic N) is 2. The maximum absolute atomic E-state index is 11.5.